The minimum Gasteiger partial charge on any atom is -0.331 e. The van der Waals surface area contributed by atoms with Crippen LogP contribution in [0.4, 0.5) is 10.1 Å². The van der Waals surface area contributed by atoms with Crippen LogP contribution in [0, 0.1) is 18.7 Å². The Bertz CT molecular complexity index is 1330. The second-order valence-electron chi connectivity index (χ2n) is 12.5. The molecule has 6 heteroatoms. The predicted octanol–water partition coefficient (Wildman–Crippen LogP) is 8.27. The Hall–Kier alpha value is -3.51. The van der Waals surface area contributed by atoms with Crippen LogP contribution < -0.4 is 5.32 Å². The molecule has 0 bridgehead atoms. The van der Waals surface area contributed by atoms with Gasteiger partial charge in [0.2, 0.25) is 0 Å². The molecule has 1 N–H and O–H groups in total. The van der Waals surface area contributed by atoms with Crippen LogP contribution in [-0.2, 0) is 13.0 Å². The Morgan fingerprint density at radius 1 is 0.953 bits per heavy atom. The number of unbranched alkanes of at least 4 members (excludes halogenated alkanes) is 2. The Labute approximate surface area is 257 Å². The molecule has 1 aliphatic heterocycles. The van der Waals surface area contributed by atoms with Gasteiger partial charge in [-0.3, -0.25) is 9.59 Å². The normalized spacial score (nSPS) is 14.2. The number of carbonyl (C=O) groups excluding carboxylic acids is 2. The fourth-order valence-electron chi connectivity index (χ4n) is 5.75. The third-order valence-electron chi connectivity index (χ3n) is 8.56. The van der Waals surface area contributed by atoms with Crippen molar-refractivity contribution in [2.45, 2.75) is 85.2 Å². The SMILES string of the molecule is CCCCCc1ccc(C(=O)N(Cc2ccc(NC(=O)c3cc(F)ccc3C)cc2)C2CCN(CCC(C)C)CC2)cc1. The maximum Gasteiger partial charge on any atom is 0.256 e. The number of benzene rings is 3. The quantitative estimate of drug-likeness (QED) is 0.205. The van der Waals surface area contributed by atoms with Crippen molar-refractivity contribution >= 4 is 17.5 Å². The lowest BCUT2D eigenvalue weighted by atomic mass is 9.99. The smallest absolute Gasteiger partial charge is 0.256 e. The molecule has 1 heterocycles. The molecule has 1 saturated heterocycles. The number of nitrogens with zero attached hydrogens (tertiary/aromatic N) is 2. The molecule has 2 amide bonds. The Balaban J connectivity index is 1.46. The van der Waals surface area contributed by atoms with Gasteiger partial charge in [-0.05, 0) is 105 Å². The molecule has 3 aromatic rings. The van der Waals surface area contributed by atoms with Crippen molar-refractivity contribution in [2.24, 2.45) is 5.92 Å². The van der Waals surface area contributed by atoms with E-state index in [9.17, 15) is 14.0 Å². The van der Waals surface area contributed by atoms with Crippen molar-refractivity contribution in [3.8, 4) is 0 Å². The number of piperidine rings is 1. The van der Waals surface area contributed by atoms with E-state index in [1.165, 1.54) is 43.4 Å². The summed E-state index contributed by atoms with van der Waals surface area (Å²) in [5, 5.41) is 2.88. The van der Waals surface area contributed by atoms with E-state index in [0.29, 0.717) is 29.3 Å². The van der Waals surface area contributed by atoms with Crippen molar-refractivity contribution in [3.05, 3.63) is 100 Å². The van der Waals surface area contributed by atoms with E-state index >= 15 is 0 Å². The lowest BCUT2D eigenvalue weighted by molar-refractivity contribution is 0.0546. The fourth-order valence-corrected chi connectivity index (χ4v) is 5.75. The molecule has 1 fully saturated rings. The first-order chi connectivity index (χ1) is 20.7. The highest BCUT2D eigenvalue weighted by Crippen LogP contribution is 2.24. The molecular weight excluding hydrogens is 537 g/mol. The molecule has 1 aliphatic rings. The van der Waals surface area contributed by atoms with E-state index < -0.39 is 5.82 Å². The summed E-state index contributed by atoms with van der Waals surface area (Å²) in [5.41, 5.74) is 4.68. The van der Waals surface area contributed by atoms with Gasteiger partial charge in [-0.2, -0.15) is 0 Å². The number of hydrogen-bond donors (Lipinski definition) is 1. The maximum absolute atomic E-state index is 14.0. The van der Waals surface area contributed by atoms with Gasteiger partial charge in [0.05, 0.1) is 0 Å². The average Bonchev–Trinajstić information content (AvgIpc) is 3.01. The molecule has 5 nitrogen and oxygen atoms in total. The number of likely N-dealkylation sites (tertiary alicyclic amines) is 1. The van der Waals surface area contributed by atoms with Crippen LogP contribution >= 0.6 is 0 Å². The lowest BCUT2D eigenvalue weighted by Crippen LogP contribution is -2.47. The highest BCUT2D eigenvalue weighted by atomic mass is 19.1. The van der Waals surface area contributed by atoms with Gasteiger partial charge < -0.3 is 15.1 Å². The van der Waals surface area contributed by atoms with Gasteiger partial charge in [0.1, 0.15) is 5.82 Å². The number of hydrogen-bond acceptors (Lipinski definition) is 3. The van der Waals surface area contributed by atoms with Crippen LogP contribution in [0.3, 0.4) is 0 Å². The summed E-state index contributed by atoms with van der Waals surface area (Å²) in [5.74, 6) is -0.0252. The van der Waals surface area contributed by atoms with Gasteiger partial charge in [0.15, 0.2) is 0 Å². The van der Waals surface area contributed by atoms with E-state index in [1.54, 1.807) is 13.0 Å². The number of nitrogens with one attached hydrogen (secondary N) is 1. The number of halogens is 1. The monoisotopic (exact) mass is 585 g/mol. The van der Waals surface area contributed by atoms with E-state index in [4.69, 9.17) is 0 Å². The minimum atomic E-state index is -0.437. The number of amides is 2. The largest absolute Gasteiger partial charge is 0.331 e. The summed E-state index contributed by atoms with van der Waals surface area (Å²) in [6, 6.07) is 20.2. The van der Waals surface area contributed by atoms with Crippen LogP contribution in [-0.4, -0.2) is 47.3 Å². The van der Waals surface area contributed by atoms with Crippen LogP contribution in [0.5, 0.6) is 0 Å². The van der Waals surface area contributed by atoms with Crippen LogP contribution in [0.25, 0.3) is 0 Å². The van der Waals surface area contributed by atoms with Crippen LogP contribution in [0.2, 0.25) is 0 Å². The summed E-state index contributed by atoms with van der Waals surface area (Å²) in [4.78, 5) is 31.3. The van der Waals surface area contributed by atoms with Gasteiger partial charge >= 0.3 is 0 Å². The highest BCUT2D eigenvalue weighted by molar-refractivity contribution is 6.05. The first-order valence-electron chi connectivity index (χ1n) is 16.0. The lowest BCUT2D eigenvalue weighted by Gasteiger charge is -2.39. The maximum atomic E-state index is 14.0. The Morgan fingerprint density at radius 3 is 2.28 bits per heavy atom. The molecule has 230 valence electrons. The highest BCUT2D eigenvalue weighted by Gasteiger charge is 2.29. The van der Waals surface area contributed by atoms with E-state index in [-0.39, 0.29) is 17.9 Å². The van der Waals surface area contributed by atoms with E-state index in [2.05, 4.69) is 48.0 Å². The first kappa shape index (κ1) is 32.4. The van der Waals surface area contributed by atoms with Gasteiger partial charge in [-0.25, -0.2) is 4.39 Å². The first-order valence-corrected chi connectivity index (χ1v) is 16.0. The summed E-state index contributed by atoms with van der Waals surface area (Å²) in [6.45, 7) is 12.2. The molecule has 0 aliphatic carbocycles. The standard InChI is InChI=1S/C37H48FN3O2/c1-5-6-7-8-29-10-14-31(15-11-29)37(43)41(34-20-23-40(24-21-34)22-19-27(2)3)26-30-12-17-33(18-13-30)39-36(42)35-25-32(38)16-9-28(35)4/h9-18,25,27,34H,5-8,19-24,26H2,1-4H3,(H,39,42). The molecule has 0 radical (unpaired) electrons. The van der Waals surface area contributed by atoms with Crippen molar-refractivity contribution in [1.82, 2.24) is 9.80 Å². The molecule has 0 unspecified atom stereocenters. The summed E-state index contributed by atoms with van der Waals surface area (Å²) < 4.78 is 13.7. The second kappa shape index (κ2) is 15.8. The molecule has 0 saturated carbocycles. The van der Waals surface area contributed by atoms with E-state index in [0.717, 1.165) is 50.0 Å². The van der Waals surface area contributed by atoms with E-state index in [1.807, 2.05) is 36.4 Å². The fraction of sp³-hybridized carbons (Fsp3) is 0.459. The third kappa shape index (κ3) is 9.49. The molecule has 0 spiro atoms. The van der Waals surface area contributed by atoms with Crippen molar-refractivity contribution in [3.63, 3.8) is 0 Å². The summed E-state index contributed by atoms with van der Waals surface area (Å²) in [6.07, 6.45) is 7.74. The van der Waals surface area contributed by atoms with Gasteiger partial charge in [-0.15, -0.1) is 0 Å². The predicted molar refractivity (Wildman–Crippen MR) is 174 cm³/mol. The average molecular weight is 586 g/mol. The van der Waals surface area contributed by atoms with Gasteiger partial charge in [0.25, 0.3) is 11.8 Å². The van der Waals surface area contributed by atoms with Crippen LogP contribution in [0.1, 0.15) is 96.7 Å². The Kier molecular flexibility index (Phi) is 11.9. The topological polar surface area (TPSA) is 52.7 Å². The molecule has 0 atom stereocenters. The third-order valence-corrected chi connectivity index (χ3v) is 8.56. The molecule has 3 aromatic carbocycles. The van der Waals surface area contributed by atoms with Crippen molar-refractivity contribution in [2.75, 3.05) is 25.0 Å². The van der Waals surface area contributed by atoms with Crippen LogP contribution in [0.15, 0.2) is 66.7 Å². The van der Waals surface area contributed by atoms with Crippen molar-refractivity contribution < 1.29 is 14.0 Å². The summed E-state index contributed by atoms with van der Waals surface area (Å²) >= 11 is 0. The zero-order valence-electron chi connectivity index (χ0n) is 26.4. The second-order valence-corrected chi connectivity index (χ2v) is 12.5. The number of rotatable bonds is 13. The zero-order chi connectivity index (χ0) is 30.8. The number of aryl methyl sites for hydroxylation is 2. The molecule has 4 rings (SSSR count). The van der Waals surface area contributed by atoms with Gasteiger partial charge in [0, 0.05) is 42.5 Å². The molecule has 0 aromatic heterocycles. The molecular formula is C37H48FN3O2. The number of carbonyl (C=O) groups is 2. The number of anilines is 1. The minimum absolute atomic E-state index is 0.0692. The molecule has 43 heavy (non-hydrogen) atoms. The zero-order valence-corrected chi connectivity index (χ0v) is 26.4. The van der Waals surface area contributed by atoms with Gasteiger partial charge in [-0.1, -0.05) is 63.9 Å². The Morgan fingerprint density at radius 2 is 1.63 bits per heavy atom. The summed E-state index contributed by atoms with van der Waals surface area (Å²) in [7, 11) is 0. The van der Waals surface area contributed by atoms with Crippen molar-refractivity contribution in [1.29, 1.82) is 0 Å².